The lowest BCUT2D eigenvalue weighted by atomic mass is 9.97. The Morgan fingerprint density at radius 3 is 3.00 bits per heavy atom. The predicted octanol–water partition coefficient (Wildman–Crippen LogP) is 0.655. The molecule has 2 heterocycles. The van der Waals surface area contributed by atoms with E-state index in [9.17, 15) is 9.59 Å². The van der Waals surface area contributed by atoms with Gasteiger partial charge in [-0.2, -0.15) is 0 Å². The summed E-state index contributed by atoms with van der Waals surface area (Å²) in [5, 5.41) is 4.52. The number of carbonyl (C=O) groups excluding carboxylic acids is 2. The molecule has 1 aliphatic rings. The van der Waals surface area contributed by atoms with Crippen LogP contribution in [0.1, 0.15) is 23.8 Å². The van der Waals surface area contributed by atoms with Crippen molar-refractivity contribution < 1.29 is 9.59 Å². The molecule has 1 fully saturated rings. The highest BCUT2D eigenvalue weighted by Gasteiger charge is 2.28. The molecule has 7 heteroatoms. The number of thiophene rings is 1. The summed E-state index contributed by atoms with van der Waals surface area (Å²) < 4.78 is 0. The van der Waals surface area contributed by atoms with E-state index in [-0.39, 0.29) is 11.8 Å². The van der Waals surface area contributed by atoms with E-state index in [1.54, 1.807) is 4.90 Å². The van der Waals surface area contributed by atoms with E-state index >= 15 is 0 Å². The van der Waals surface area contributed by atoms with Crippen molar-refractivity contribution >= 4 is 23.3 Å². The molecule has 1 aliphatic heterocycles. The van der Waals surface area contributed by atoms with E-state index in [1.165, 1.54) is 11.3 Å². The lowest BCUT2D eigenvalue weighted by Gasteiger charge is -2.34. The maximum atomic E-state index is 12.4. The molecule has 0 saturated carbocycles. The molecule has 0 aliphatic carbocycles. The van der Waals surface area contributed by atoms with Crippen LogP contribution in [0, 0.1) is 5.92 Å². The van der Waals surface area contributed by atoms with Crippen molar-refractivity contribution in [2.45, 2.75) is 18.9 Å². The number of rotatable bonds is 4. The summed E-state index contributed by atoms with van der Waals surface area (Å²) >= 11 is 1.49. The minimum absolute atomic E-state index is 0.0452. The van der Waals surface area contributed by atoms with Gasteiger partial charge < -0.3 is 21.7 Å². The molecule has 0 spiro atoms. The standard InChI is InChI=1S/C13H20N4O2S/c14-11(10-4-2-6-20-10)12(18)17-5-1-3-9(8-17)7-16-13(15)19/h2,4,6,9,11H,1,3,5,7-8,14H2,(H3,15,16,19). The largest absolute Gasteiger partial charge is 0.352 e. The third kappa shape index (κ3) is 3.71. The first-order valence-electron chi connectivity index (χ1n) is 6.69. The Morgan fingerprint density at radius 2 is 2.35 bits per heavy atom. The van der Waals surface area contributed by atoms with Crippen molar-refractivity contribution in [3.63, 3.8) is 0 Å². The van der Waals surface area contributed by atoms with Crippen molar-refractivity contribution in [3.8, 4) is 0 Å². The second-order valence-electron chi connectivity index (χ2n) is 5.03. The van der Waals surface area contributed by atoms with Gasteiger partial charge in [0, 0.05) is 24.5 Å². The van der Waals surface area contributed by atoms with Crippen LogP contribution in [0.15, 0.2) is 17.5 Å². The predicted molar refractivity (Wildman–Crippen MR) is 78.1 cm³/mol. The van der Waals surface area contributed by atoms with Crippen LogP contribution in [0.3, 0.4) is 0 Å². The lowest BCUT2D eigenvalue weighted by molar-refractivity contribution is -0.134. The SMILES string of the molecule is NC(=O)NCC1CCCN(C(=O)C(N)c2cccs2)C1. The zero-order chi connectivity index (χ0) is 14.5. The van der Waals surface area contributed by atoms with Crippen LogP contribution in [-0.2, 0) is 4.79 Å². The summed E-state index contributed by atoms with van der Waals surface area (Å²) in [6.07, 6.45) is 1.91. The third-order valence-electron chi connectivity index (χ3n) is 3.51. The maximum Gasteiger partial charge on any atom is 0.312 e. The summed E-state index contributed by atoms with van der Waals surface area (Å²) in [6.45, 7) is 1.86. The highest BCUT2D eigenvalue weighted by Crippen LogP contribution is 2.22. The first-order valence-corrected chi connectivity index (χ1v) is 7.57. The van der Waals surface area contributed by atoms with Crippen molar-refractivity contribution in [2.75, 3.05) is 19.6 Å². The molecule has 2 atom stereocenters. The summed E-state index contributed by atoms with van der Waals surface area (Å²) in [6, 6.07) is 2.66. The summed E-state index contributed by atoms with van der Waals surface area (Å²) in [7, 11) is 0. The van der Waals surface area contributed by atoms with Gasteiger partial charge in [-0.05, 0) is 30.2 Å². The minimum Gasteiger partial charge on any atom is -0.352 e. The Hall–Kier alpha value is -1.60. The van der Waals surface area contributed by atoms with Crippen LogP contribution in [0.2, 0.25) is 0 Å². The number of nitrogens with zero attached hydrogens (tertiary/aromatic N) is 1. The van der Waals surface area contributed by atoms with Crippen LogP contribution in [-0.4, -0.2) is 36.5 Å². The molecule has 0 aromatic carbocycles. The van der Waals surface area contributed by atoms with E-state index < -0.39 is 12.1 Å². The molecule has 0 radical (unpaired) electrons. The number of nitrogens with two attached hydrogens (primary N) is 2. The van der Waals surface area contributed by atoms with Gasteiger partial charge >= 0.3 is 6.03 Å². The smallest absolute Gasteiger partial charge is 0.312 e. The van der Waals surface area contributed by atoms with Gasteiger partial charge in [0.2, 0.25) is 5.91 Å². The number of amides is 3. The molecule has 5 N–H and O–H groups in total. The second-order valence-corrected chi connectivity index (χ2v) is 6.01. The van der Waals surface area contributed by atoms with Crippen molar-refractivity contribution in [1.29, 1.82) is 0 Å². The van der Waals surface area contributed by atoms with Crippen LogP contribution in [0.4, 0.5) is 4.79 Å². The first-order chi connectivity index (χ1) is 9.58. The number of hydrogen-bond donors (Lipinski definition) is 3. The fourth-order valence-electron chi connectivity index (χ4n) is 2.46. The zero-order valence-corrected chi connectivity index (χ0v) is 12.1. The van der Waals surface area contributed by atoms with E-state index in [1.807, 2.05) is 17.5 Å². The number of urea groups is 1. The fraction of sp³-hybridized carbons (Fsp3) is 0.538. The third-order valence-corrected chi connectivity index (χ3v) is 4.47. The molecular formula is C13H20N4O2S. The van der Waals surface area contributed by atoms with Crippen LogP contribution >= 0.6 is 11.3 Å². The summed E-state index contributed by atoms with van der Waals surface area (Å²) in [5.41, 5.74) is 11.1. The number of hydrogen-bond acceptors (Lipinski definition) is 4. The number of likely N-dealkylation sites (tertiary alicyclic amines) is 1. The van der Waals surface area contributed by atoms with Gasteiger partial charge in [0.1, 0.15) is 6.04 Å². The summed E-state index contributed by atoms with van der Waals surface area (Å²) in [5.74, 6) is 0.201. The Morgan fingerprint density at radius 1 is 1.55 bits per heavy atom. The van der Waals surface area contributed by atoms with Crippen molar-refractivity contribution in [3.05, 3.63) is 22.4 Å². The van der Waals surface area contributed by atoms with Gasteiger partial charge in [-0.3, -0.25) is 4.79 Å². The van der Waals surface area contributed by atoms with Crippen molar-refractivity contribution in [1.82, 2.24) is 10.2 Å². The lowest BCUT2D eigenvalue weighted by Crippen LogP contribution is -2.47. The zero-order valence-electron chi connectivity index (χ0n) is 11.2. The molecule has 2 unspecified atom stereocenters. The van der Waals surface area contributed by atoms with Gasteiger partial charge in [-0.15, -0.1) is 11.3 Å². The average molecular weight is 296 g/mol. The van der Waals surface area contributed by atoms with Gasteiger partial charge in [-0.1, -0.05) is 6.07 Å². The molecule has 110 valence electrons. The summed E-state index contributed by atoms with van der Waals surface area (Å²) in [4.78, 5) is 25.8. The topological polar surface area (TPSA) is 101 Å². The average Bonchev–Trinajstić information content (AvgIpc) is 2.98. The molecular weight excluding hydrogens is 276 g/mol. The van der Waals surface area contributed by atoms with E-state index in [2.05, 4.69) is 5.32 Å². The molecule has 1 aromatic rings. The normalized spacial score (nSPS) is 20.4. The van der Waals surface area contributed by atoms with E-state index in [0.717, 1.165) is 24.3 Å². The molecule has 20 heavy (non-hydrogen) atoms. The minimum atomic E-state index is -0.585. The van der Waals surface area contributed by atoms with Gasteiger partial charge in [0.15, 0.2) is 0 Å². The number of nitrogens with one attached hydrogen (secondary N) is 1. The number of primary amides is 1. The van der Waals surface area contributed by atoms with Gasteiger partial charge in [0.05, 0.1) is 0 Å². The quantitative estimate of drug-likeness (QED) is 0.760. The first kappa shape index (κ1) is 14.8. The highest BCUT2D eigenvalue weighted by molar-refractivity contribution is 7.10. The highest BCUT2D eigenvalue weighted by atomic mass is 32.1. The monoisotopic (exact) mass is 296 g/mol. The maximum absolute atomic E-state index is 12.4. The second kappa shape index (κ2) is 6.71. The van der Waals surface area contributed by atoms with Crippen LogP contribution < -0.4 is 16.8 Å². The van der Waals surface area contributed by atoms with Crippen molar-refractivity contribution in [2.24, 2.45) is 17.4 Å². The number of piperidine rings is 1. The molecule has 6 nitrogen and oxygen atoms in total. The van der Waals surface area contributed by atoms with E-state index in [0.29, 0.717) is 13.1 Å². The molecule has 3 amide bonds. The number of carbonyl (C=O) groups is 2. The molecule has 0 bridgehead atoms. The van der Waals surface area contributed by atoms with Crippen LogP contribution in [0.25, 0.3) is 0 Å². The molecule has 1 aromatic heterocycles. The van der Waals surface area contributed by atoms with Crippen LogP contribution in [0.5, 0.6) is 0 Å². The van der Waals surface area contributed by atoms with E-state index in [4.69, 9.17) is 11.5 Å². The Labute approximate surface area is 122 Å². The Bertz CT molecular complexity index is 463. The molecule has 1 saturated heterocycles. The van der Waals surface area contributed by atoms with Gasteiger partial charge in [0.25, 0.3) is 0 Å². The molecule has 2 rings (SSSR count). The fourth-order valence-corrected chi connectivity index (χ4v) is 3.18. The Kier molecular flexibility index (Phi) is 4.97. The Balaban J connectivity index is 1.91. The van der Waals surface area contributed by atoms with Gasteiger partial charge in [-0.25, -0.2) is 4.79 Å².